The SMILES string of the molecule is C=CC1=C(C(=O)O)N2C(=O)C(NOOC(=NO)C(=O)CCl)C2SC1. The zero-order valence-electron chi connectivity index (χ0n) is 12.0. The first-order chi connectivity index (χ1) is 11.5. The number of ketones is 1. The molecule has 1 fully saturated rings. The number of halogens is 1. The van der Waals surface area contributed by atoms with E-state index >= 15 is 0 Å². The maximum absolute atomic E-state index is 12.1. The number of nitrogens with zero attached hydrogens (tertiary/aromatic N) is 2. The number of amides is 1. The smallest absolute Gasteiger partial charge is 0.352 e. The van der Waals surface area contributed by atoms with Crippen LogP contribution in [0.1, 0.15) is 0 Å². The Balaban J connectivity index is 1.99. The molecule has 130 valence electrons. The van der Waals surface area contributed by atoms with Crippen molar-refractivity contribution in [3.63, 3.8) is 0 Å². The van der Waals surface area contributed by atoms with E-state index in [9.17, 15) is 19.5 Å². The second-order valence-electron chi connectivity index (χ2n) is 4.52. The van der Waals surface area contributed by atoms with Gasteiger partial charge in [0.2, 0.25) is 5.78 Å². The van der Waals surface area contributed by atoms with E-state index in [2.05, 4.69) is 27.1 Å². The Morgan fingerprint density at radius 1 is 1.58 bits per heavy atom. The van der Waals surface area contributed by atoms with Crippen molar-refractivity contribution < 1.29 is 34.6 Å². The molecule has 2 aliphatic rings. The molecule has 2 heterocycles. The van der Waals surface area contributed by atoms with E-state index in [1.165, 1.54) is 17.8 Å². The normalized spacial score (nSPS) is 23.5. The Kier molecular flexibility index (Phi) is 5.83. The first-order valence-electron chi connectivity index (χ1n) is 6.40. The number of aliphatic carboxylic acids is 1. The molecule has 0 aromatic heterocycles. The number of alkyl halides is 1. The molecule has 2 atom stereocenters. The summed E-state index contributed by atoms with van der Waals surface area (Å²) in [5.74, 6) is -3.56. The van der Waals surface area contributed by atoms with E-state index in [0.717, 1.165) is 4.90 Å². The van der Waals surface area contributed by atoms with Crippen molar-refractivity contribution in [3.05, 3.63) is 23.9 Å². The lowest BCUT2D eigenvalue weighted by molar-refractivity contribution is -0.285. The highest BCUT2D eigenvalue weighted by atomic mass is 35.5. The average Bonchev–Trinajstić information content (AvgIpc) is 2.59. The largest absolute Gasteiger partial charge is 0.477 e. The Morgan fingerprint density at radius 2 is 2.29 bits per heavy atom. The Labute approximate surface area is 144 Å². The number of carbonyl (C=O) groups excluding carboxylic acids is 2. The van der Waals surface area contributed by atoms with Crippen LogP contribution in [0.25, 0.3) is 0 Å². The number of carboxylic acids is 1. The lowest BCUT2D eigenvalue weighted by Gasteiger charge is -2.48. The zero-order chi connectivity index (χ0) is 17.9. The molecule has 0 saturated carbocycles. The Hall–Kier alpha value is -2.08. The van der Waals surface area contributed by atoms with Crippen molar-refractivity contribution in [2.75, 3.05) is 11.6 Å². The molecule has 0 spiro atoms. The van der Waals surface area contributed by atoms with Crippen molar-refractivity contribution >= 4 is 46.9 Å². The van der Waals surface area contributed by atoms with Crippen LogP contribution in [-0.2, 0) is 24.3 Å². The van der Waals surface area contributed by atoms with Crippen LogP contribution in [0.5, 0.6) is 0 Å². The van der Waals surface area contributed by atoms with Gasteiger partial charge in [-0.2, -0.15) is 0 Å². The van der Waals surface area contributed by atoms with Gasteiger partial charge in [-0.05, 0) is 10.7 Å². The fourth-order valence-corrected chi connectivity index (χ4v) is 3.51. The molecule has 1 saturated heterocycles. The number of hydrogen-bond donors (Lipinski definition) is 3. The van der Waals surface area contributed by atoms with Crippen molar-refractivity contribution in [1.82, 2.24) is 10.4 Å². The number of oxime groups is 1. The minimum Gasteiger partial charge on any atom is -0.477 e. The number of hydrogen-bond acceptors (Lipinski definition) is 9. The molecular weight excluding hydrogens is 366 g/mol. The monoisotopic (exact) mass is 377 g/mol. The number of allylic oxidation sites excluding steroid dienone is 1. The first kappa shape index (κ1) is 18.3. The first-order valence-corrected chi connectivity index (χ1v) is 7.98. The van der Waals surface area contributed by atoms with Crippen LogP contribution in [-0.4, -0.2) is 61.8 Å². The van der Waals surface area contributed by atoms with Gasteiger partial charge in [0.15, 0.2) is 0 Å². The lowest BCUT2D eigenvalue weighted by Crippen LogP contribution is -2.69. The number of carboxylic acid groups (broad SMARTS) is 1. The topological polar surface area (TPSA) is 138 Å². The van der Waals surface area contributed by atoms with E-state index in [1.54, 1.807) is 0 Å². The molecule has 1 amide bonds. The molecule has 0 radical (unpaired) electrons. The molecule has 0 aromatic rings. The Bertz CT molecular complexity index is 651. The van der Waals surface area contributed by atoms with Gasteiger partial charge >= 0.3 is 11.9 Å². The molecule has 2 aliphatic heterocycles. The molecule has 2 unspecified atom stereocenters. The third-order valence-electron chi connectivity index (χ3n) is 3.19. The summed E-state index contributed by atoms with van der Waals surface area (Å²) in [4.78, 5) is 44.7. The maximum Gasteiger partial charge on any atom is 0.352 e. The van der Waals surface area contributed by atoms with Crippen LogP contribution in [0.3, 0.4) is 0 Å². The predicted molar refractivity (Wildman–Crippen MR) is 82.0 cm³/mol. The van der Waals surface area contributed by atoms with E-state index in [1.807, 2.05) is 0 Å². The van der Waals surface area contributed by atoms with Gasteiger partial charge in [-0.1, -0.05) is 17.6 Å². The number of carbonyl (C=O) groups is 3. The number of β-lactam (4-membered cyclic amide) rings is 1. The summed E-state index contributed by atoms with van der Waals surface area (Å²) >= 11 is 6.56. The highest BCUT2D eigenvalue weighted by Crippen LogP contribution is 2.40. The van der Waals surface area contributed by atoms with Gasteiger partial charge in [0.25, 0.3) is 5.91 Å². The highest BCUT2D eigenvalue weighted by Gasteiger charge is 2.54. The van der Waals surface area contributed by atoms with Crippen LogP contribution >= 0.6 is 23.4 Å². The lowest BCUT2D eigenvalue weighted by atomic mass is 10.0. The third-order valence-corrected chi connectivity index (χ3v) is 4.74. The van der Waals surface area contributed by atoms with Crippen LogP contribution < -0.4 is 5.48 Å². The standard InChI is InChI=1S/C12H12ClN3O7S/c1-2-5-4-24-11-7(10(18)16(11)8(5)12(19)20)15-23-22-9(14-21)6(17)3-13/h2,7,11,15,21H,1,3-4H2,(H,19,20). The summed E-state index contributed by atoms with van der Waals surface area (Å²) in [5.41, 5.74) is 2.55. The predicted octanol–water partition coefficient (Wildman–Crippen LogP) is -0.157. The number of rotatable bonds is 7. The molecule has 0 aliphatic carbocycles. The van der Waals surface area contributed by atoms with E-state index in [4.69, 9.17) is 16.8 Å². The fourth-order valence-electron chi connectivity index (χ4n) is 2.07. The van der Waals surface area contributed by atoms with Crippen molar-refractivity contribution in [2.24, 2.45) is 5.16 Å². The van der Waals surface area contributed by atoms with Gasteiger partial charge in [-0.3, -0.25) is 19.4 Å². The summed E-state index contributed by atoms with van der Waals surface area (Å²) in [7, 11) is 0. The summed E-state index contributed by atoms with van der Waals surface area (Å²) in [6.07, 6.45) is 1.39. The number of hydroxylamine groups is 1. The van der Waals surface area contributed by atoms with Crippen LogP contribution in [0.2, 0.25) is 0 Å². The molecule has 0 bridgehead atoms. The van der Waals surface area contributed by atoms with Crippen LogP contribution in [0.4, 0.5) is 0 Å². The van der Waals surface area contributed by atoms with Gasteiger partial charge in [0.1, 0.15) is 17.1 Å². The summed E-state index contributed by atoms with van der Waals surface area (Å²) in [5, 5.41) is 19.8. The number of thioether (sulfide) groups is 1. The van der Waals surface area contributed by atoms with Gasteiger partial charge in [-0.25, -0.2) is 4.79 Å². The van der Waals surface area contributed by atoms with Crippen LogP contribution in [0.15, 0.2) is 29.1 Å². The van der Waals surface area contributed by atoms with Gasteiger partial charge in [-0.15, -0.1) is 28.8 Å². The average molecular weight is 378 g/mol. The Morgan fingerprint density at radius 3 is 2.83 bits per heavy atom. The van der Waals surface area contributed by atoms with Gasteiger partial charge in [0, 0.05) is 5.75 Å². The van der Waals surface area contributed by atoms with Gasteiger partial charge in [0.05, 0.1) is 5.88 Å². The van der Waals surface area contributed by atoms with Crippen molar-refractivity contribution in [3.8, 4) is 0 Å². The molecule has 0 aromatic carbocycles. The van der Waals surface area contributed by atoms with E-state index in [0.29, 0.717) is 11.3 Å². The molecule has 24 heavy (non-hydrogen) atoms. The van der Waals surface area contributed by atoms with Crippen molar-refractivity contribution in [1.29, 1.82) is 0 Å². The third kappa shape index (κ3) is 3.24. The number of Topliss-reactive ketones (excluding diaryl/α,β-unsaturated/α-hetero) is 1. The number of fused-ring (bicyclic) bond motifs is 1. The van der Waals surface area contributed by atoms with Crippen LogP contribution in [0, 0.1) is 0 Å². The molecule has 10 nitrogen and oxygen atoms in total. The zero-order valence-corrected chi connectivity index (χ0v) is 13.5. The quantitative estimate of drug-likeness (QED) is 0.105. The fraction of sp³-hybridized carbons (Fsp3) is 0.333. The summed E-state index contributed by atoms with van der Waals surface area (Å²) in [6, 6.07) is -0.901. The molecule has 12 heteroatoms. The second-order valence-corrected chi connectivity index (χ2v) is 5.89. The molecule has 3 N–H and O–H groups in total. The second kappa shape index (κ2) is 7.66. The highest BCUT2D eigenvalue weighted by molar-refractivity contribution is 8.00. The number of nitrogens with one attached hydrogen (secondary N) is 1. The van der Waals surface area contributed by atoms with E-state index < -0.39 is 40.9 Å². The minimum absolute atomic E-state index is 0.132. The summed E-state index contributed by atoms with van der Waals surface area (Å²) in [6.45, 7) is 3.54. The maximum atomic E-state index is 12.1. The van der Waals surface area contributed by atoms with Crippen molar-refractivity contribution in [2.45, 2.75) is 11.4 Å². The van der Waals surface area contributed by atoms with Gasteiger partial charge < -0.3 is 10.3 Å². The summed E-state index contributed by atoms with van der Waals surface area (Å²) < 4.78 is 0. The molecular formula is C12H12ClN3O7S. The molecule has 2 rings (SSSR count). The van der Waals surface area contributed by atoms with E-state index in [-0.39, 0.29) is 5.70 Å². The minimum atomic E-state index is -1.23.